The van der Waals surface area contributed by atoms with Crippen molar-refractivity contribution in [2.75, 3.05) is 13.2 Å². The van der Waals surface area contributed by atoms with Crippen molar-refractivity contribution in [1.82, 2.24) is 4.90 Å². The molecule has 3 nitrogen and oxygen atoms in total. The van der Waals surface area contributed by atoms with Gasteiger partial charge in [-0.1, -0.05) is 20.8 Å². The van der Waals surface area contributed by atoms with E-state index >= 15 is 0 Å². The minimum absolute atomic E-state index is 0.0464. The van der Waals surface area contributed by atoms with Gasteiger partial charge in [-0.05, 0) is 18.3 Å². The molecule has 0 radical (unpaired) electrons. The summed E-state index contributed by atoms with van der Waals surface area (Å²) in [6, 6.07) is -1.92. The Balaban J connectivity index is 2.57. The molecule has 1 N–H and O–H groups in total. The standard InChI is InChI=1S/C11H19F3N2O/c1-10(2,3)7-17-9(15)16-6-4-5-8(16)11(12,13)14/h8,15H,4-7H2,1-3H3. The van der Waals surface area contributed by atoms with Gasteiger partial charge in [0.25, 0.3) is 6.02 Å². The Morgan fingerprint density at radius 1 is 1.35 bits per heavy atom. The topological polar surface area (TPSA) is 36.3 Å². The van der Waals surface area contributed by atoms with Crippen LogP contribution >= 0.6 is 0 Å². The van der Waals surface area contributed by atoms with E-state index in [2.05, 4.69) is 0 Å². The first-order valence-corrected chi connectivity index (χ1v) is 5.66. The Morgan fingerprint density at radius 2 is 1.94 bits per heavy atom. The molecule has 0 aromatic rings. The third-order valence-corrected chi connectivity index (χ3v) is 2.53. The van der Waals surface area contributed by atoms with Gasteiger partial charge in [-0.3, -0.25) is 5.41 Å². The highest BCUT2D eigenvalue weighted by Crippen LogP contribution is 2.32. The van der Waals surface area contributed by atoms with Gasteiger partial charge in [0, 0.05) is 6.54 Å². The van der Waals surface area contributed by atoms with Crippen LogP contribution in [0.5, 0.6) is 0 Å². The third kappa shape index (κ3) is 4.09. The SMILES string of the molecule is CC(C)(C)COC(=N)N1CCCC1C(F)(F)F. The summed E-state index contributed by atoms with van der Waals surface area (Å²) in [7, 11) is 0. The van der Waals surface area contributed by atoms with Crippen LogP contribution in [-0.2, 0) is 4.74 Å². The molecule has 1 heterocycles. The average Bonchev–Trinajstić information content (AvgIpc) is 2.60. The zero-order valence-corrected chi connectivity index (χ0v) is 10.4. The van der Waals surface area contributed by atoms with Crippen LogP contribution in [0.2, 0.25) is 0 Å². The first kappa shape index (κ1) is 14.1. The maximum absolute atomic E-state index is 12.7. The van der Waals surface area contributed by atoms with Crippen LogP contribution in [0.4, 0.5) is 13.2 Å². The van der Waals surface area contributed by atoms with Crippen molar-refractivity contribution in [1.29, 1.82) is 5.41 Å². The van der Waals surface area contributed by atoms with E-state index in [1.165, 1.54) is 0 Å². The molecule has 0 saturated carbocycles. The first-order chi connectivity index (χ1) is 7.61. The lowest BCUT2D eigenvalue weighted by Gasteiger charge is -2.29. The minimum atomic E-state index is -4.28. The smallest absolute Gasteiger partial charge is 0.408 e. The first-order valence-electron chi connectivity index (χ1n) is 5.66. The molecule has 100 valence electrons. The number of halogens is 3. The second-order valence-electron chi connectivity index (χ2n) is 5.55. The lowest BCUT2D eigenvalue weighted by Crippen LogP contribution is -2.45. The summed E-state index contributed by atoms with van der Waals surface area (Å²) >= 11 is 0. The molecule has 1 aliphatic rings. The summed E-state index contributed by atoms with van der Waals surface area (Å²) in [5, 5.41) is 7.58. The maximum atomic E-state index is 12.7. The second kappa shape index (κ2) is 4.74. The number of alkyl halides is 3. The van der Waals surface area contributed by atoms with E-state index in [4.69, 9.17) is 10.1 Å². The van der Waals surface area contributed by atoms with Gasteiger partial charge in [0.15, 0.2) is 0 Å². The van der Waals surface area contributed by atoms with Crippen molar-refractivity contribution in [3.05, 3.63) is 0 Å². The Labute approximate surface area is 99.4 Å². The van der Waals surface area contributed by atoms with Crippen LogP contribution < -0.4 is 0 Å². The van der Waals surface area contributed by atoms with E-state index < -0.39 is 12.2 Å². The van der Waals surface area contributed by atoms with E-state index in [1.54, 1.807) is 0 Å². The molecular formula is C11H19F3N2O. The molecule has 1 unspecified atom stereocenters. The number of likely N-dealkylation sites (tertiary alicyclic amines) is 1. The summed E-state index contributed by atoms with van der Waals surface area (Å²) in [5.41, 5.74) is -0.167. The van der Waals surface area contributed by atoms with Gasteiger partial charge in [0.1, 0.15) is 6.04 Å². The van der Waals surface area contributed by atoms with Crippen molar-refractivity contribution < 1.29 is 17.9 Å². The Bertz CT molecular complexity index is 283. The number of hydrogen-bond donors (Lipinski definition) is 1. The molecule has 17 heavy (non-hydrogen) atoms. The monoisotopic (exact) mass is 252 g/mol. The maximum Gasteiger partial charge on any atom is 0.408 e. The quantitative estimate of drug-likeness (QED) is 0.575. The van der Waals surface area contributed by atoms with Crippen molar-refractivity contribution >= 4 is 6.02 Å². The van der Waals surface area contributed by atoms with Gasteiger partial charge in [-0.2, -0.15) is 13.2 Å². The summed E-state index contributed by atoms with van der Waals surface area (Å²) in [5.74, 6) is 0. The van der Waals surface area contributed by atoms with Gasteiger partial charge in [-0.15, -0.1) is 0 Å². The fourth-order valence-electron chi connectivity index (χ4n) is 1.72. The Hall–Kier alpha value is -0.940. The molecule has 0 aromatic heterocycles. The Kier molecular flexibility index (Phi) is 3.94. The van der Waals surface area contributed by atoms with Crippen molar-refractivity contribution in [2.45, 2.75) is 45.8 Å². The number of ether oxygens (including phenoxy) is 1. The van der Waals surface area contributed by atoms with Crippen LogP contribution in [0.1, 0.15) is 33.6 Å². The second-order valence-corrected chi connectivity index (χ2v) is 5.55. The van der Waals surface area contributed by atoms with Crippen molar-refractivity contribution in [3.63, 3.8) is 0 Å². The normalized spacial score (nSPS) is 21.8. The van der Waals surface area contributed by atoms with Gasteiger partial charge in [0.2, 0.25) is 0 Å². The van der Waals surface area contributed by atoms with Crippen LogP contribution in [0, 0.1) is 10.8 Å². The van der Waals surface area contributed by atoms with Crippen LogP contribution in [0.3, 0.4) is 0 Å². The fourth-order valence-corrected chi connectivity index (χ4v) is 1.72. The third-order valence-electron chi connectivity index (χ3n) is 2.53. The molecule has 1 atom stereocenters. The molecule has 0 bridgehead atoms. The molecule has 0 aromatic carbocycles. The summed E-state index contributed by atoms with van der Waals surface area (Å²) in [6.45, 7) is 6.21. The van der Waals surface area contributed by atoms with Crippen LogP contribution in [0.15, 0.2) is 0 Å². The predicted molar refractivity (Wildman–Crippen MR) is 58.9 cm³/mol. The molecule has 1 saturated heterocycles. The highest BCUT2D eigenvalue weighted by Gasteiger charge is 2.47. The van der Waals surface area contributed by atoms with E-state index in [1.807, 2.05) is 20.8 Å². The molecule has 1 rings (SSSR count). The predicted octanol–water partition coefficient (Wildman–Crippen LogP) is 3.01. The number of amidine groups is 1. The number of nitrogens with one attached hydrogen (secondary N) is 1. The van der Waals surface area contributed by atoms with E-state index in [0.29, 0.717) is 6.42 Å². The van der Waals surface area contributed by atoms with Gasteiger partial charge < -0.3 is 9.64 Å². The lowest BCUT2D eigenvalue weighted by molar-refractivity contribution is -0.169. The highest BCUT2D eigenvalue weighted by atomic mass is 19.4. The molecule has 0 amide bonds. The van der Waals surface area contributed by atoms with E-state index in [9.17, 15) is 13.2 Å². The molecule has 1 aliphatic heterocycles. The van der Waals surface area contributed by atoms with Crippen LogP contribution in [-0.4, -0.2) is 36.3 Å². The average molecular weight is 252 g/mol. The number of hydrogen-bond acceptors (Lipinski definition) is 2. The molecule has 0 aliphatic carbocycles. The largest absolute Gasteiger partial charge is 0.465 e. The highest BCUT2D eigenvalue weighted by molar-refractivity contribution is 5.71. The zero-order valence-electron chi connectivity index (χ0n) is 10.4. The summed E-state index contributed by atoms with van der Waals surface area (Å²) in [6.07, 6.45) is -3.79. The summed E-state index contributed by atoms with van der Waals surface area (Å²) in [4.78, 5) is 1.01. The van der Waals surface area contributed by atoms with E-state index in [-0.39, 0.29) is 31.0 Å². The lowest BCUT2D eigenvalue weighted by atomic mass is 9.99. The minimum Gasteiger partial charge on any atom is -0.465 e. The van der Waals surface area contributed by atoms with Crippen molar-refractivity contribution in [3.8, 4) is 0 Å². The molecular weight excluding hydrogens is 233 g/mol. The van der Waals surface area contributed by atoms with Crippen molar-refractivity contribution in [2.24, 2.45) is 5.41 Å². The number of rotatable bonds is 1. The molecule has 1 fully saturated rings. The molecule has 0 spiro atoms. The molecule has 6 heteroatoms. The summed E-state index contributed by atoms with van der Waals surface area (Å²) < 4.78 is 43.1. The Morgan fingerprint density at radius 3 is 2.41 bits per heavy atom. The fraction of sp³-hybridized carbons (Fsp3) is 0.909. The van der Waals surface area contributed by atoms with E-state index in [0.717, 1.165) is 4.90 Å². The van der Waals surface area contributed by atoms with Crippen LogP contribution in [0.25, 0.3) is 0 Å². The van der Waals surface area contributed by atoms with Gasteiger partial charge >= 0.3 is 6.18 Å². The van der Waals surface area contributed by atoms with Gasteiger partial charge in [0.05, 0.1) is 6.61 Å². The number of nitrogens with zero attached hydrogens (tertiary/aromatic N) is 1. The zero-order chi connectivity index (χ0) is 13.3. The van der Waals surface area contributed by atoms with Gasteiger partial charge in [-0.25, -0.2) is 0 Å².